The third kappa shape index (κ3) is 3.21. The van der Waals surface area contributed by atoms with E-state index in [0.29, 0.717) is 10.0 Å². The second-order valence-corrected chi connectivity index (χ2v) is 6.82. The first kappa shape index (κ1) is 17.4. The van der Waals surface area contributed by atoms with Crippen molar-refractivity contribution in [2.45, 2.75) is 25.9 Å². The van der Waals surface area contributed by atoms with E-state index in [1.54, 1.807) is 14.2 Å². The van der Waals surface area contributed by atoms with Gasteiger partial charge in [0.05, 0.1) is 14.2 Å². The zero-order valence-electron chi connectivity index (χ0n) is 14.1. The molecule has 128 valence electrons. The van der Waals surface area contributed by atoms with E-state index < -0.39 is 0 Å². The lowest BCUT2D eigenvalue weighted by Crippen LogP contribution is -2.33. The predicted octanol–water partition coefficient (Wildman–Crippen LogP) is 5.13. The molecule has 3 nitrogen and oxygen atoms in total. The number of hydrogen-bond acceptors (Lipinski definition) is 3. The quantitative estimate of drug-likeness (QED) is 0.749. The van der Waals surface area contributed by atoms with Crippen LogP contribution in [0.25, 0.3) is 0 Å². The molecule has 0 N–H and O–H groups in total. The Labute approximate surface area is 153 Å². The van der Waals surface area contributed by atoms with Gasteiger partial charge in [-0.25, -0.2) is 0 Å². The van der Waals surface area contributed by atoms with E-state index >= 15 is 0 Å². The summed E-state index contributed by atoms with van der Waals surface area (Å²) in [6.07, 6.45) is 0.960. The van der Waals surface area contributed by atoms with E-state index in [2.05, 4.69) is 24.0 Å². The molecular weight excluding hydrogens is 345 g/mol. The van der Waals surface area contributed by atoms with Crippen molar-refractivity contribution >= 4 is 23.2 Å². The Hall–Kier alpha value is -1.42. The molecule has 0 saturated carbocycles. The minimum absolute atomic E-state index is 0.251. The zero-order valence-corrected chi connectivity index (χ0v) is 15.6. The summed E-state index contributed by atoms with van der Waals surface area (Å²) in [4.78, 5) is 2.39. The molecule has 0 spiro atoms. The fourth-order valence-corrected chi connectivity index (χ4v) is 3.82. The molecule has 24 heavy (non-hydrogen) atoms. The fraction of sp³-hybridized carbons (Fsp3) is 0.368. The molecule has 1 aliphatic heterocycles. The molecule has 2 aromatic carbocycles. The first-order chi connectivity index (χ1) is 11.5. The molecule has 0 aromatic heterocycles. The topological polar surface area (TPSA) is 21.7 Å². The monoisotopic (exact) mass is 365 g/mol. The Morgan fingerprint density at radius 3 is 2.33 bits per heavy atom. The lowest BCUT2D eigenvalue weighted by atomic mass is 9.92. The third-order valence-corrected chi connectivity index (χ3v) is 5.44. The van der Waals surface area contributed by atoms with Crippen molar-refractivity contribution in [2.75, 3.05) is 20.8 Å². The molecule has 0 bridgehead atoms. The van der Waals surface area contributed by atoms with Crippen LogP contribution in [0.4, 0.5) is 0 Å². The molecule has 0 unspecified atom stereocenters. The second kappa shape index (κ2) is 7.22. The van der Waals surface area contributed by atoms with Crippen molar-refractivity contribution in [3.8, 4) is 11.5 Å². The van der Waals surface area contributed by atoms with Gasteiger partial charge in [-0.1, -0.05) is 29.3 Å². The summed E-state index contributed by atoms with van der Waals surface area (Å²) in [6, 6.07) is 10.1. The molecule has 0 aliphatic carbocycles. The van der Waals surface area contributed by atoms with Gasteiger partial charge < -0.3 is 9.47 Å². The highest BCUT2D eigenvalue weighted by Gasteiger charge is 2.26. The van der Waals surface area contributed by atoms with Crippen LogP contribution < -0.4 is 9.47 Å². The average molecular weight is 366 g/mol. The number of rotatable bonds is 4. The van der Waals surface area contributed by atoms with Gasteiger partial charge in [-0.3, -0.25) is 4.90 Å². The van der Waals surface area contributed by atoms with Crippen LogP contribution in [0.2, 0.25) is 10.0 Å². The molecule has 1 heterocycles. The van der Waals surface area contributed by atoms with Crippen molar-refractivity contribution in [3.05, 3.63) is 57.1 Å². The highest BCUT2D eigenvalue weighted by Crippen LogP contribution is 2.39. The first-order valence-corrected chi connectivity index (χ1v) is 8.72. The summed E-state index contributed by atoms with van der Waals surface area (Å²) in [7, 11) is 3.33. The Balaban J connectivity index is 1.90. The van der Waals surface area contributed by atoms with E-state index in [4.69, 9.17) is 32.7 Å². The van der Waals surface area contributed by atoms with Gasteiger partial charge in [0.2, 0.25) is 0 Å². The maximum atomic E-state index is 6.34. The van der Waals surface area contributed by atoms with Crippen molar-refractivity contribution < 1.29 is 9.47 Å². The third-order valence-electron chi connectivity index (χ3n) is 4.73. The molecule has 0 fully saturated rings. The van der Waals surface area contributed by atoms with Gasteiger partial charge in [0, 0.05) is 34.7 Å². The van der Waals surface area contributed by atoms with Crippen LogP contribution in [-0.4, -0.2) is 25.7 Å². The Kier molecular flexibility index (Phi) is 5.24. The molecule has 0 radical (unpaired) electrons. The maximum Gasteiger partial charge on any atom is 0.161 e. The lowest BCUT2D eigenvalue weighted by molar-refractivity contribution is 0.189. The number of nitrogens with zero attached hydrogens (tertiary/aromatic N) is 1. The Morgan fingerprint density at radius 2 is 1.71 bits per heavy atom. The molecule has 1 atom stereocenters. The SMILES string of the molecule is COc1cc2c(cc1OC)[C@@H](C)N(Cc1c(Cl)cccc1Cl)CC2. The largest absolute Gasteiger partial charge is 0.493 e. The van der Waals surface area contributed by atoms with Crippen LogP contribution >= 0.6 is 23.2 Å². The van der Waals surface area contributed by atoms with Crippen LogP contribution in [0.5, 0.6) is 11.5 Å². The number of halogens is 2. The highest BCUT2D eigenvalue weighted by atomic mass is 35.5. The van der Waals surface area contributed by atoms with Gasteiger partial charge in [-0.2, -0.15) is 0 Å². The lowest BCUT2D eigenvalue weighted by Gasteiger charge is -2.36. The van der Waals surface area contributed by atoms with Crippen LogP contribution in [-0.2, 0) is 13.0 Å². The molecule has 2 aromatic rings. The second-order valence-electron chi connectivity index (χ2n) is 6.00. The number of benzene rings is 2. The zero-order chi connectivity index (χ0) is 17.3. The number of methoxy groups -OCH3 is 2. The Morgan fingerprint density at radius 1 is 1.08 bits per heavy atom. The van der Waals surface area contributed by atoms with Gasteiger partial charge >= 0.3 is 0 Å². The van der Waals surface area contributed by atoms with Crippen molar-refractivity contribution in [2.24, 2.45) is 0 Å². The molecular formula is C19H21Cl2NO2. The number of hydrogen-bond donors (Lipinski definition) is 0. The van der Waals surface area contributed by atoms with Crippen molar-refractivity contribution in [3.63, 3.8) is 0 Å². The van der Waals surface area contributed by atoms with E-state index in [1.807, 2.05) is 18.2 Å². The molecule has 5 heteroatoms. The van der Waals surface area contributed by atoms with Crippen LogP contribution in [0, 0.1) is 0 Å². The van der Waals surface area contributed by atoms with E-state index in [9.17, 15) is 0 Å². The predicted molar refractivity (Wildman–Crippen MR) is 98.5 cm³/mol. The Bertz CT molecular complexity index is 728. The van der Waals surface area contributed by atoms with E-state index in [0.717, 1.165) is 36.6 Å². The van der Waals surface area contributed by atoms with Crippen molar-refractivity contribution in [1.82, 2.24) is 4.90 Å². The van der Waals surface area contributed by atoms with Crippen LogP contribution in [0.1, 0.15) is 29.7 Å². The first-order valence-electron chi connectivity index (χ1n) is 7.97. The number of ether oxygens (including phenoxy) is 2. The van der Waals surface area contributed by atoms with Crippen LogP contribution in [0.3, 0.4) is 0 Å². The average Bonchev–Trinajstić information content (AvgIpc) is 2.59. The summed E-state index contributed by atoms with van der Waals surface area (Å²) in [5.74, 6) is 1.55. The summed E-state index contributed by atoms with van der Waals surface area (Å²) >= 11 is 12.7. The van der Waals surface area contributed by atoms with Gasteiger partial charge in [-0.05, 0) is 48.7 Å². The van der Waals surface area contributed by atoms with Gasteiger partial charge in [-0.15, -0.1) is 0 Å². The van der Waals surface area contributed by atoms with Gasteiger partial charge in [0.25, 0.3) is 0 Å². The smallest absolute Gasteiger partial charge is 0.161 e. The standard InChI is InChI=1S/C19H21Cl2NO2/c1-12-14-10-19(24-3)18(23-2)9-13(14)7-8-22(12)11-15-16(20)5-4-6-17(15)21/h4-6,9-10,12H,7-8,11H2,1-3H3/t12-/m1/s1. The molecule has 0 saturated heterocycles. The minimum Gasteiger partial charge on any atom is -0.493 e. The summed E-state index contributed by atoms with van der Waals surface area (Å²) in [5.41, 5.74) is 3.56. The van der Waals surface area contributed by atoms with E-state index in [1.165, 1.54) is 11.1 Å². The molecule has 1 aliphatic rings. The molecule has 3 rings (SSSR count). The number of fused-ring (bicyclic) bond motifs is 1. The highest BCUT2D eigenvalue weighted by molar-refractivity contribution is 6.35. The van der Waals surface area contributed by atoms with Gasteiger partial charge in [0.1, 0.15) is 0 Å². The maximum absolute atomic E-state index is 6.34. The molecule has 0 amide bonds. The van der Waals surface area contributed by atoms with Gasteiger partial charge in [0.15, 0.2) is 11.5 Å². The summed E-state index contributed by atoms with van der Waals surface area (Å²) < 4.78 is 10.9. The van der Waals surface area contributed by atoms with Crippen LogP contribution in [0.15, 0.2) is 30.3 Å². The minimum atomic E-state index is 0.251. The summed E-state index contributed by atoms with van der Waals surface area (Å²) in [6.45, 7) is 3.88. The fourth-order valence-electron chi connectivity index (χ4n) is 3.30. The normalized spacial score (nSPS) is 17.5. The summed E-state index contributed by atoms with van der Waals surface area (Å²) in [5, 5.41) is 1.43. The van der Waals surface area contributed by atoms with E-state index in [-0.39, 0.29) is 6.04 Å². The van der Waals surface area contributed by atoms with Crippen molar-refractivity contribution in [1.29, 1.82) is 0 Å².